The highest BCUT2D eigenvalue weighted by Gasteiger charge is 2.08. The first kappa shape index (κ1) is 12.7. The predicted molar refractivity (Wildman–Crippen MR) is 72.4 cm³/mol. The molecule has 0 saturated carbocycles. The lowest BCUT2D eigenvalue weighted by Crippen LogP contribution is -2.04. The molecule has 0 unspecified atom stereocenters. The fraction of sp³-hybridized carbons (Fsp3) is 0. The van der Waals surface area contributed by atoms with E-state index in [1.807, 2.05) is 0 Å². The van der Waals surface area contributed by atoms with Gasteiger partial charge >= 0.3 is 0 Å². The van der Waals surface area contributed by atoms with Crippen LogP contribution < -0.4 is 5.73 Å². The van der Waals surface area contributed by atoms with E-state index >= 15 is 0 Å². The monoisotopic (exact) mass is 281 g/mol. The van der Waals surface area contributed by atoms with E-state index in [1.54, 1.807) is 30.3 Å². The largest absolute Gasteiger partial charge is 0.457 e. The Morgan fingerprint density at radius 1 is 1.22 bits per heavy atom. The van der Waals surface area contributed by atoms with Crippen molar-refractivity contribution in [3.05, 3.63) is 52.2 Å². The predicted octanol–water partition coefficient (Wildman–Crippen LogP) is 3.75. The molecule has 1 amide bonds. The highest BCUT2D eigenvalue weighted by atomic mass is 35.5. The van der Waals surface area contributed by atoms with E-state index in [-0.39, 0.29) is 0 Å². The van der Waals surface area contributed by atoms with Crippen LogP contribution in [0.1, 0.15) is 5.76 Å². The number of carbonyl (C=O) groups is 1. The molecule has 0 aliphatic heterocycles. The Labute approximate surface area is 114 Å². The summed E-state index contributed by atoms with van der Waals surface area (Å²) in [6.45, 7) is 0. The van der Waals surface area contributed by atoms with Crippen molar-refractivity contribution >= 4 is 35.2 Å². The Morgan fingerprint density at radius 3 is 2.67 bits per heavy atom. The van der Waals surface area contributed by atoms with Gasteiger partial charge in [-0.15, -0.1) is 0 Å². The molecule has 0 aliphatic rings. The molecular formula is C13H9Cl2NO2. The Balaban J connectivity index is 2.32. The van der Waals surface area contributed by atoms with Gasteiger partial charge in [-0.3, -0.25) is 4.79 Å². The second-order valence-electron chi connectivity index (χ2n) is 3.56. The number of furan rings is 1. The van der Waals surface area contributed by atoms with Crippen LogP contribution in [0.3, 0.4) is 0 Å². The summed E-state index contributed by atoms with van der Waals surface area (Å²) in [7, 11) is 0. The van der Waals surface area contributed by atoms with Crippen LogP contribution >= 0.6 is 23.2 Å². The first-order valence-corrected chi connectivity index (χ1v) is 5.84. The van der Waals surface area contributed by atoms with Gasteiger partial charge in [-0.1, -0.05) is 23.2 Å². The summed E-state index contributed by atoms with van der Waals surface area (Å²) in [5.41, 5.74) is 5.73. The number of halogens is 2. The summed E-state index contributed by atoms with van der Waals surface area (Å²) in [4.78, 5) is 10.6. The minimum atomic E-state index is -0.530. The maximum atomic E-state index is 10.6. The van der Waals surface area contributed by atoms with Crippen LogP contribution in [0.4, 0.5) is 0 Å². The molecule has 2 aromatic rings. The topological polar surface area (TPSA) is 56.2 Å². The van der Waals surface area contributed by atoms with Crippen molar-refractivity contribution in [2.24, 2.45) is 5.73 Å². The van der Waals surface area contributed by atoms with Gasteiger partial charge in [0, 0.05) is 16.7 Å². The fourth-order valence-corrected chi connectivity index (χ4v) is 1.94. The molecule has 0 bridgehead atoms. The van der Waals surface area contributed by atoms with E-state index < -0.39 is 5.91 Å². The van der Waals surface area contributed by atoms with Gasteiger partial charge in [0.25, 0.3) is 0 Å². The van der Waals surface area contributed by atoms with Crippen molar-refractivity contribution in [3.8, 4) is 11.3 Å². The van der Waals surface area contributed by atoms with Crippen molar-refractivity contribution < 1.29 is 9.21 Å². The Bertz CT molecular complexity index is 617. The molecule has 0 aliphatic carbocycles. The first-order chi connectivity index (χ1) is 8.56. The highest BCUT2D eigenvalue weighted by Crippen LogP contribution is 2.31. The van der Waals surface area contributed by atoms with E-state index in [0.29, 0.717) is 21.6 Å². The second-order valence-corrected chi connectivity index (χ2v) is 4.41. The molecule has 2 N–H and O–H groups in total. The Hall–Kier alpha value is -1.71. The fourth-order valence-electron chi connectivity index (χ4n) is 1.44. The normalized spacial score (nSPS) is 11.0. The lowest BCUT2D eigenvalue weighted by Gasteiger charge is -2.00. The quantitative estimate of drug-likeness (QED) is 0.871. The van der Waals surface area contributed by atoms with Gasteiger partial charge < -0.3 is 10.2 Å². The van der Waals surface area contributed by atoms with Crippen molar-refractivity contribution in [1.29, 1.82) is 0 Å². The van der Waals surface area contributed by atoms with Gasteiger partial charge in [-0.05, 0) is 36.4 Å². The van der Waals surface area contributed by atoms with Crippen molar-refractivity contribution in [1.82, 2.24) is 0 Å². The van der Waals surface area contributed by atoms with Crippen LogP contribution in [0, 0.1) is 0 Å². The van der Waals surface area contributed by atoms with E-state index in [0.717, 1.165) is 5.56 Å². The molecule has 0 fully saturated rings. The third-order valence-electron chi connectivity index (χ3n) is 2.24. The maximum Gasteiger partial charge on any atom is 0.241 e. The first-order valence-electron chi connectivity index (χ1n) is 5.09. The number of hydrogen-bond acceptors (Lipinski definition) is 2. The number of nitrogens with two attached hydrogens (primary N) is 1. The SMILES string of the molecule is NC(=O)/C=C\c1ccc(-c2ccc(Cl)cc2Cl)o1. The van der Waals surface area contributed by atoms with Gasteiger partial charge in [0.15, 0.2) is 0 Å². The van der Waals surface area contributed by atoms with Gasteiger partial charge in [0.05, 0.1) is 5.02 Å². The third-order valence-corrected chi connectivity index (χ3v) is 2.78. The van der Waals surface area contributed by atoms with Crippen LogP contribution in [0.15, 0.2) is 40.8 Å². The zero-order valence-electron chi connectivity index (χ0n) is 9.19. The highest BCUT2D eigenvalue weighted by molar-refractivity contribution is 6.36. The molecule has 1 heterocycles. The lowest BCUT2D eigenvalue weighted by molar-refractivity contribution is -0.113. The standard InChI is InChI=1S/C13H9Cl2NO2/c14-8-1-4-10(11(15)7-8)12-5-2-9(18-12)3-6-13(16)17/h1-7H,(H2,16,17)/b6-3-. The summed E-state index contributed by atoms with van der Waals surface area (Å²) in [6.07, 6.45) is 2.72. The minimum absolute atomic E-state index is 0.502. The van der Waals surface area contributed by atoms with E-state index in [4.69, 9.17) is 33.4 Å². The van der Waals surface area contributed by atoms with Crippen molar-refractivity contribution in [3.63, 3.8) is 0 Å². The number of carbonyl (C=O) groups excluding carboxylic acids is 1. The molecular weight excluding hydrogens is 273 g/mol. The zero-order valence-corrected chi connectivity index (χ0v) is 10.7. The number of primary amides is 1. The molecule has 92 valence electrons. The molecule has 1 aromatic carbocycles. The summed E-state index contributed by atoms with van der Waals surface area (Å²) in [6, 6.07) is 8.62. The number of amides is 1. The Morgan fingerprint density at radius 2 is 2.00 bits per heavy atom. The van der Waals surface area contributed by atoms with Gasteiger partial charge in [0.2, 0.25) is 5.91 Å². The zero-order chi connectivity index (χ0) is 13.1. The summed E-state index contributed by atoms with van der Waals surface area (Å²) in [5, 5.41) is 1.06. The average Bonchev–Trinajstić information content (AvgIpc) is 2.75. The Kier molecular flexibility index (Phi) is 3.75. The van der Waals surface area contributed by atoms with Crippen LogP contribution in [0.25, 0.3) is 17.4 Å². The third kappa shape index (κ3) is 2.94. The maximum absolute atomic E-state index is 10.6. The molecule has 1 aromatic heterocycles. The van der Waals surface area contributed by atoms with E-state index in [9.17, 15) is 4.79 Å². The molecule has 0 spiro atoms. The average molecular weight is 282 g/mol. The second kappa shape index (κ2) is 5.29. The van der Waals surface area contributed by atoms with Gasteiger partial charge in [-0.25, -0.2) is 0 Å². The molecule has 2 rings (SSSR count). The van der Waals surface area contributed by atoms with Gasteiger partial charge in [0.1, 0.15) is 11.5 Å². The van der Waals surface area contributed by atoms with Crippen molar-refractivity contribution in [2.45, 2.75) is 0 Å². The number of rotatable bonds is 3. The smallest absolute Gasteiger partial charge is 0.241 e. The van der Waals surface area contributed by atoms with E-state index in [2.05, 4.69) is 0 Å². The number of hydrogen-bond donors (Lipinski definition) is 1. The summed E-state index contributed by atoms with van der Waals surface area (Å²) >= 11 is 11.9. The molecule has 0 saturated heterocycles. The molecule has 0 atom stereocenters. The van der Waals surface area contributed by atoms with Gasteiger partial charge in [-0.2, -0.15) is 0 Å². The molecule has 5 heteroatoms. The van der Waals surface area contributed by atoms with Crippen LogP contribution in [-0.2, 0) is 4.79 Å². The molecule has 3 nitrogen and oxygen atoms in total. The lowest BCUT2D eigenvalue weighted by atomic mass is 10.2. The molecule has 18 heavy (non-hydrogen) atoms. The van der Waals surface area contributed by atoms with E-state index in [1.165, 1.54) is 12.2 Å². The number of benzene rings is 1. The van der Waals surface area contributed by atoms with Crippen LogP contribution in [-0.4, -0.2) is 5.91 Å². The molecule has 0 radical (unpaired) electrons. The summed E-state index contributed by atoms with van der Waals surface area (Å²) in [5.74, 6) is 0.591. The van der Waals surface area contributed by atoms with Crippen molar-refractivity contribution in [2.75, 3.05) is 0 Å². The van der Waals surface area contributed by atoms with Crippen LogP contribution in [0.5, 0.6) is 0 Å². The summed E-state index contributed by atoms with van der Waals surface area (Å²) < 4.78 is 5.52. The minimum Gasteiger partial charge on any atom is -0.457 e. The van der Waals surface area contributed by atoms with Crippen LogP contribution in [0.2, 0.25) is 10.0 Å².